The molecule has 0 fully saturated rings. The first-order valence-corrected chi connectivity index (χ1v) is 9.92. The average Bonchev–Trinajstić information content (AvgIpc) is 3.09. The predicted octanol–water partition coefficient (Wildman–Crippen LogP) is 2.49. The van der Waals surface area contributed by atoms with Gasteiger partial charge in [-0.15, -0.1) is 11.3 Å². The molecule has 1 unspecified atom stereocenters. The third-order valence-electron chi connectivity index (χ3n) is 4.72. The molecule has 3 rings (SSSR count). The number of aromatic nitrogens is 2. The van der Waals surface area contributed by atoms with Crippen molar-refractivity contribution < 1.29 is 19.7 Å². The van der Waals surface area contributed by atoms with E-state index in [2.05, 4.69) is 15.5 Å². The van der Waals surface area contributed by atoms with E-state index in [0.29, 0.717) is 28.4 Å². The highest BCUT2D eigenvalue weighted by Gasteiger charge is 2.43. The first-order chi connectivity index (χ1) is 12.7. The highest BCUT2D eigenvalue weighted by atomic mass is 32.1. The van der Waals surface area contributed by atoms with Crippen LogP contribution in [0, 0.1) is 0 Å². The number of primary amides is 1. The molecule has 9 heteroatoms. The molecule has 28 heavy (non-hydrogen) atoms. The summed E-state index contributed by atoms with van der Waals surface area (Å²) in [5.74, 6) is -0.553. The van der Waals surface area contributed by atoms with Crippen molar-refractivity contribution in [1.82, 2.24) is 10.2 Å². The van der Waals surface area contributed by atoms with E-state index in [-0.39, 0.29) is 0 Å². The molecular formula is C19H28N4O4S. The summed E-state index contributed by atoms with van der Waals surface area (Å²) in [4.78, 5) is 13.2. The van der Waals surface area contributed by atoms with Gasteiger partial charge in [0.05, 0.1) is 28.2 Å². The third kappa shape index (κ3) is 3.80. The van der Waals surface area contributed by atoms with E-state index in [0.717, 1.165) is 10.4 Å². The fourth-order valence-corrected chi connectivity index (χ4v) is 4.96. The molecular weight excluding hydrogens is 380 g/mol. The van der Waals surface area contributed by atoms with Crippen LogP contribution in [0.25, 0.3) is 0 Å². The summed E-state index contributed by atoms with van der Waals surface area (Å²) in [6.45, 7) is 11.1. The Morgan fingerprint density at radius 2 is 2.07 bits per heavy atom. The van der Waals surface area contributed by atoms with Gasteiger partial charge in [0.25, 0.3) is 5.91 Å². The lowest BCUT2D eigenvalue weighted by Crippen LogP contribution is -2.42. The van der Waals surface area contributed by atoms with Crippen LogP contribution >= 0.6 is 11.3 Å². The van der Waals surface area contributed by atoms with E-state index >= 15 is 0 Å². The van der Waals surface area contributed by atoms with Crippen LogP contribution < -0.4 is 11.1 Å². The molecule has 6 N–H and O–H groups in total. The Morgan fingerprint density at radius 1 is 1.43 bits per heavy atom. The molecule has 0 saturated heterocycles. The van der Waals surface area contributed by atoms with Gasteiger partial charge in [-0.2, -0.15) is 5.10 Å². The zero-order valence-electron chi connectivity index (χ0n) is 17.0. The smallest absolute Gasteiger partial charge is 0.251 e. The number of nitrogens with two attached hydrogens (primary N) is 1. The molecule has 0 bridgehead atoms. The van der Waals surface area contributed by atoms with Crippen molar-refractivity contribution in [2.75, 3.05) is 5.32 Å². The lowest BCUT2D eigenvalue weighted by molar-refractivity contribution is -0.135. The molecule has 3 heterocycles. The van der Waals surface area contributed by atoms with Crippen LogP contribution in [0.15, 0.2) is 6.07 Å². The van der Waals surface area contributed by atoms with Gasteiger partial charge >= 0.3 is 0 Å². The minimum Gasteiger partial charge on any atom is -0.384 e. The standard InChI is InChI=1S/C19H28N4O4S/c1-17(2)8-9-12(14(20)24)16(28-13(9)19(5,6)27-17)21-15(25)10-7-11(23-22-10)18(3,4)26/h7,15,21,25-26H,8H2,1-6H3,(H2,20,24)(H,22,23). The number of hydrogen-bond acceptors (Lipinski definition) is 7. The molecule has 0 saturated carbocycles. The fourth-order valence-electron chi connectivity index (χ4n) is 3.67. The molecule has 1 atom stereocenters. The number of H-pyrrole nitrogens is 1. The number of anilines is 1. The normalized spacial score (nSPS) is 19.1. The Hall–Kier alpha value is -1.94. The number of thiophene rings is 1. The van der Waals surface area contributed by atoms with Gasteiger partial charge in [0.1, 0.15) is 10.6 Å². The zero-order chi connectivity index (χ0) is 21.1. The summed E-state index contributed by atoms with van der Waals surface area (Å²) in [7, 11) is 0. The number of nitrogens with one attached hydrogen (secondary N) is 2. The van der Waals surface area contributed by atoms with Gasteiger partial charge < -0.3 is 26.0 Å². The number of nitrogens with zero attached hydrogens (tertiary/aromatic N) is 1. The monoisotopic (exact) mass is 408 g/mol. The van der Waals surface area contributed by atoms with Crippen molar-refractivity contribution in [3.8, 4) is 0 Å². The summed E-state index contributed by atoms with van der Waals surface area (Å²) < 4.78 is 6.19. The van der Waals surface area contributed by atoms with Crippen LogP contribution in [-0.2, 0) is 22.4 Å². The molecule has 2 aromatic heterocycles. The quantitative estimate of drug-likeness (QED) is 0.483. The second kappa shape index (κ2) is 6.55. The maximum absolute atomic E-state index is 12.2. The molecule has 1 aliphatic heterocycles. The van der Waals surface area contributed by atoms with Crippen molar-refractivity contribution in [1.29, 1.82) is 0 Å². The number of aromatic amines is 1. The van der Waals surface area contributed by atoms with Crippen LogP contribution in [0.2, 0.25) is 0 Å². The van der Waals surface area contributed by atoms with Crippen LogP contribution in [0.3, 0.4) is 0 Å². The Morgan fingerprint density at radius 3 is 2.61 bits per heavy atom. The number of aliphatic hydroxyl groups excluding tert-OH is 1. The van der Waals surface area contributed by atoms with Crippen molar-refractivity contribution in [3.63, 3.8) is 0 Å². The highest BCUT2D eigenvalue weighted by molar-refractivity contribution is 7.17. The van der Waals surface area contributed by atoms with Crippen molar-refractivity contribution in [2.24, 2.45) is 5.73 Å². The van der Waals surface area contributed by atoms with E-state index in [4.69, 9.17) is 10.5 Å². The number of ether oxygens (including phenoxy) is 1. The van der Waals surface area contributed by atoms with Crippen LogP contribution in [0.5, 0.6) is 0 Å². The molecule has 154 valence electrons. The summed E-state index contributed by atoms with van der Waals surface area (Å²) >= 11 is 1.35. The molecule has 0 aliphatic carbocycles. The summed E-state index contributed by atoms with van der Waals surface area (Å²) in [5.41, 5.74) is 5.53. The second-order valence-corrected chi connectivity index (χ2v) is 9.86. The Bertz CT molecular complexity index is 908. The number of carbonyl (C=O) groups excluding carboxylic acids is 1. The molecule has 1 aliphatic rings. The average molecular weight is 409 g/mol. The number of aliphatic hydroxyl groups is 2. The number of carbonyl (C=O) groups is 1. The Labute approximate surface area is 168 Å². The number of hydrogen-bond donors (Lipinski definition) is 5. The lowest BCUT2D eigenvalue weighted by atomic mass is 9.86. The van der Waals surface area contributed by atoms with Gasteiger partial charge in [0.2, 0.25) is 0 Å². The maximum Gasteiger partial charge on any atom is 0.251 e. The maximum atomic E-state index is 12.2. The van der Waals surface area contributed by atoms with E-state index < -0.39 is 28.9 Å². The lowest BCUT2D eigenvalue weighted by Gasteiger charge is -2.41. The van der Waals surface area contributed by atoms with E-state index in [1.165, 1.54) is 11.3 Å². The largest absolute Gasteiger partial charge is 0.384 e. The minimum atomic E-state index is -1.15. The molecule has 8 nitrogen and oxygen atoms in total. The summed E-state index contributed by atoms with van der Waals surface area (Å²) in [6, 6.07) is 1.57. The van der Waals surface area contributed by atoms with Gasteiger partial charge in [-0.05, 0) is 53.2 Å². The highest BCUT2D eigenvalue weighted by Crippen LogP contribution is 2.48. The number of amides is 1. The van der Waals surface area contributed by atoms with Gasteiger partial charge in [-0.3, -0.25) is 9.89 Å². The zero-order valence-corrected chi connectivity index (χ0v) is 17.8. The molecule has 0 radical (unpaired) electrons. The van der Waals surface area contributed by atoms with Crippen LogP contribution in [-0.4, -0.2) is 31.9 Å². The summed E-state index contributed by atoms with van der Waals surface area (Å²) in [6.07, 6.45) is -0.607. The van der Waals surface area contributed by atoms with Gasteiger partial charge in [-0.1, -0.05) is 0 Å². The van der Waals surface area contributed by atoms with E-state index in [9.17, 15) is 15.0 Å². The van der Waals surface area contributed by atoms with E-state index in [1.807, 2.05) is 27.7 Å². The third-order valence-corrected chi connectivity index (χ3v) is 6.19. The fraction of sp³-hybridized carbons (Fsp3) is 0.579. The molecule has 0 aromatic carbocycles. The number of rotatable bonds is 5. The van der Waals surface area contributed by atoms with Gasteiger partial charge in [-0.25, -0.2) is 0 Å². The van der Waals surface area contributed by atoms with Gasteiger partial charge in [0, 0.05) is 11.3 Å². The molecule has 2 aromatic rings. The second-order valence-electron chi connectivity index (χ2n) is 8.84. The predicted molar refractivity (Wildman–Crippen MR) is 107 cm³/mol. The van der Waals surface area contributed by atoms with Crippen molar-refractivity contribution in [3.05, 3.63) is 33.5 Å². The number of fused-ring (bicyclic) bond motifs is 1. The van der Waals surface area contributed by atoms with Crippen LogP contribution in [0.1, 0.15) is 80.0 Å². The molecule has 1 amide bonds. The summed E-state index contributed by atoms with van der Waals surface area (Å²) in [5, 5.41) is 30.9. The Balaban J connectivity index is 1.98. The Kier molecular flexibility index (Phi) is 4.86. The van der Waals surface area contributed by atoms with Crippen molar-refractivity contribution in [2.45, 2.75) is 71.0 Å². The van der Waals surface area contributed by atoms with Crippen molar-refractivity contribution >= 4 is 22.2 Å². The van der Waals surface area contributed by atoms with Gasteiger partial charge in [0.15, 0.2) is 6.23 Å². The SMILES string of the molecule is CC1(C)Cc2c(sc(NC(O)c3cc(C(C)(C)O)n[nH]3)c2C(N)=O)C(C)(C)O1. The van der Waals surface area contributed by atoms with E-state index in [1.54, 1.807) is 19.9 Å². The topological polar surface area (TPSA) is 133 Å². The minimum absolute atomic E-state index is 0.370. The van der Waals surface area contributed by atoms with Crippen LogP contribution in [0.4, 0.5) is 5.00 Å². The molecule has 0 spiro atoms. The first-order valence-electron chi connectivity index (χ1n) is 9.10. The first kappa shape index (κ1) is 20.8.